The number of likely N-dealkylation sites (N-methyl/N-ethyl adjacent to an activating group) is 1. The summed E-state index contributed by atoms with van der Waals surface area (Å²) in [6.45, 7) is 7.77. The molecule has 0 saturated heterocycles. The number of nitrogens with zero attached hydrogens (tertiary/aromatic N) is 1. The molecule has 1 atom stereocenters. The predicted octanol–water partition coefficient (Wildman–Crippen LogP) is 4.32. The summed E-state index contributed by atoms with van der Waals surface area (Å²) < 4.78 is 5.26. The van der Waals surface area contributed by atoms with E-state index in [0.717, 1.165) is 52.9 Å². The summed E-state index contributed by atoms with van der Waals surface area (Å²) in [5.41, 5.74) is 4.28. The highest BCUT2D eigenvalue weighted by atomic mass is 32.1. The molecule has 2 aromatic rings. The lowest BCUT2D eigenvalue weighted by molar-refractivity contribution is -0.122. The van der Waals surface area contributed by atoms with Crippen LogP contribution < -0.4 is 10.6 Å². The van der Waals surface area contributed by atoms with Crippen LogP contribution in [0.1, 0.15) is 58.6 Å². The van der Waals surface area contributed by atoms with Crippen molar-refractivity contribution in [1.82, 2.24) is 4.90 Å². The molecule has 8 heteroatoms. The normalized spacial score (nSPS) is 13.9. The average molecular weight is 472 g/mol. The van der Waals surface area contributed by atoms with E-state index in [1.165, 1.54) is 11.3 Å². The molecule has 33 heavy (non-hydrogen) atoms. The maximum atomic E-state index is 13.0. The van der Waals surface area contributed by atoms with E-state index in [4.69, 9.17) is 4.74 Å². The molecule has 0 bridgehead atoms. The summed E-state index contributed by atoms with van der Waals surface area (Å²) in [6, 6.07) is 5.28. The molecule has 2 amide bonds. The molecular formula is C25H33N3O4S. The SMILES string of the molecule is CCOC(=O)c1c(NC(=O)C(C)N(C)CC(=O)Nc2c(C)cccc2C)sc2c1CCCC2. The molecule has 2 N–H and O–H groups in total. The number of benzene rings is 1. The van der Waals surface area contributed by atoms with Gasteiger partial charge in [0.05, 0.1) is 24.8 Å². The number of rotatable bonds is 8. The quantitative estimate of drug-likeness (QED) is 0.560. The Hall–Kier alpha value is -2.71. The number of hydrogen-bond acceptors (Lipinski definition) is 6. The Morgan fingerprint density at radius 3 is 2.45 bits per heavy atom. The van der Waals surface area contributed by atoms with Gasteiger partial charge in [-0.15, -0.1) is 11.3 Å². The Kier molecular flexibility index (Phi) is 8.26. The first-order chi connectivity index (χ1) is 15.7. The molecule has 3 rings (SSSR count). The Bertz CT molecular complexity index is 1030. The fraction of sp³-hybridized carbons (Fsp3) is 0.480. The van der Waals surface area contributed by atoms with Crippen LogP contribution in [-0.2, 0) is 27.2 Å². The van der Waals surface area contributed by atoms with Crippen LogP contribution in [0, 0.1) is 13.8 Å². The second kappa shape index (κ2) is 10.9. The third kappa shape index (κ3) is 5.81. The van der Waals surface area contributed by atoms with E-state index in [-0.39, 0.29) is 30.9 Å². The lowest BCUT2D eigenvalue weighted by atomic mass is 9.95. The Balaban J connectivity index is 1.68. The molecule has 7 nitrogen and oxygen atoms in total. The van der Waals surface area contributed by atoms with Gasteiger partial charge in [-0.05, 0) is 77.1 Å². The van der Waals surface area contributed by atoms with E-state index in [1.54, 1.807) is 25.8 Å². The standard InChI is InChI=1S/C25H33N3O4S/c1-6-32-25(31)21-18-12-7-8-13-19(18)33-24(21)27-23(30)17(4)28(5)14-20(29)26-22-15(2)10-9-11-16(22)3/h9-11,17H,6-8,12-14H2,1-5H3,(H,26,29)(H,27,30). The molecule has 0 aliphatic heterocycles. The van der Waals surface area contributed by atoms with Gasteiger partial charge in [-0.2, -0.15) is 0 Å². The summed E-state index contributed by atoms with van der Waals surface area (Å²) in [4.78, 5) is 41.1. The summed E-state index contributed by atoms with van der Waals surface area (Å²) >= 11 is 1.46. The fourth-order valence-electron chi connectivity index (χ4n) is 4.04. The van der Waals surface area contributed by atoms with E-state index in [1.807, 2.05) is 32.0 Å². The van der Waals surface area contributed by atoms with Gasteiger partial charge in [0.25, 0.3) is 0 Å². The summed E-state index contributed by atoms with van der Waals surface area (Å²) in [5, 5.41) is 6.43. The van der Waals surface area contributed by atoms with Crippen molar-refractivity contribution in [3.63, 3.8) is 0 Å². The second-order valence-electron chi connectivity index (χ2n) is 8.53. The number of hydrogen-bond donors (Lipinski definition) is 2. The molecule has 1 aliphatic carbocycles. The number of nitrogens with one attached hydrogen (secondary N) is 2. The van der Waals surface area contributed by atoms with Crippen LogP contribution in [0.15, 0.2) is 18.2 Å². The zero-order valence-electron chi connectivity index (χ0n) is 20.0. The van der Waals surface area contributed by atoms with Gasteiger partial charge >= 0.3 is 5.97 Å². The highest BCUT2D eigenvalue weighted by Crippen LogP contribution is 2.38. The maximum absolute atomic E-state index is 13.0. The zero-order valence-corrected chi connectivity index (χ0v) is 20.9. The number of ether oxygens (including phenoxy) is 1. The number of carbonyl (C=O) groups is 3. The van der Waals surface area contributed by atoms with Crippen LogP contribution >= 0.6 is 11.3 Å². The van der Waals surface area contributed by atoms with Crippen molar-refractivity contribution < 1.29 is 19.1 Å². The number of anilines is 2. The van der Waals surface area contributed by atoms with Gasteiger partial charge in [-0.3, -0.25) is 14.5 Å². The topological polar surface area (TPSA) is 87.7 Å². The predicted molar refractivity (Wildman–Crippen MR) is 132 cm³/mol. The van der Waals surface area contributed by atoms with Crippen LogP contribution in [-0.4, -0.2) is 48.9 Å². The third-order valence-electron chi connectivity index (χ3n) is 6.07. The number of para-hydroxylation sites is 1. The zero-order chi connectivity index (χ0) is 24.1. The summed E-state index contributed by atoms with van der Waals surface area (Å²) in [6.07, 6.45) is 3.84. The molecule has 1 aromatic heterocycles. The number of fused-ring (bicyclic) bond motifs is 1. The highest BCUT2D eigenvalue weighted by Gasteiger charge is 2.29. The molecule has 1 aliphatic rings. The first kappa shape index (κ1) is 24.9. The summed E-state index contributed by atoms with van der Waals surface area (Å²) in [7, 11) is 1.74. The van der Waals surface area contributed by atoms with Gasteiger partial charge in [0.15, 0.2) is 0 Å². The van der Waals surface area contributed by atoms with Crippen molar-refractivity contribution in [1.29, 1.82) is 0 Å². The Labute approximate surface area is 199 Å². The van der Waals surface area contributed by atoms with Gasteiger partial charge < -0.3 is 15.4 Å². The van der Waals surface area contributed by atoms with Gasteiger partial charge in [-0.25, -0.2) is 4.79 Å². The lowest BCUT2D eigenvalue weighted by Crippen LogP contribution is -2.43. The minimum atomic E-state index is -0.567. The molecule has 178 valence electrons. The second-order valence-corrected chi connectivity index (χ2v) is 9.64. The first-order valence-corrected chi connectivity index (χ1v) is 12.2. The van der Waals surface area contributed by atoms with Gasteiger partial charge in [-0.1, -0.05) is 18.2 Å². The third-order valence-corrected chi connectivity index (χ3v) is 7.27. The molecule has 0 saturated carbocycles. The van der Waals surface area contributed by atoms with Crippen LogP contribution in [0.25, 0.3) is 0 Å². The summed E-state index contributed by atoms with van der Waals surface area (Å²) in [5.74, 6) is -0.837. The van der Waals surface area contributed by atoms with Crippen LogP contribution in [0.2, 0.25) is 0 Å². The smallest absolute Gasteiger partial charge is 0.341 e. The first-order valence-electron chi connectivity index (χ1n) is 11.4. The molecule has 0 radical (unpaired) electrons. The van der Waals surface area contributed by atoms with E-state index in [2.05, 4.69) is 10.6 Å². The largest absolute Gasteiger partial charge is 0.462 e. The number of aryl methyl sites for hydroxylation is 3. The van der Waals surface area contributed by atoms with Crippen molar-refractivity contribution >= 4 is 39.8 Å². The Morgan fingerprint density at radius 2 is 1.79 bits per heavy atom. The fourth-order valence-corrected chi connectivity index (χ4v) is 5.32. The minimum Gasteiger partial charge on any atom is -0.462 e. The van der Waals surface area contributed by atoms with Gasteiger partial charge in [0.1, 0.15) is 5.00 Å². The molecule has 0 fully saturated rings. The highest BCUT2D eigenvalue weighted by molar-refractivity contribution is 7.17. The minimum absolute atomic E-state index is 0.0635. The van der Waals surface area contributed by atoms with Crippen LogP contribution in [0.5, 0.6) is 0 Å². The number of amides is 2. The van der Waals surface area contributed by atoms with Crippen molar-refractivity contribution in [2.75, 3.05) is 30.8 Å². The number of thiophene rings is 1. The van der Waals surface area contributed by atoms with Crippen molar-refractivity contribution in [2.24, 2.45) is 0 Å². The molecule has 1 aromatic carbocycles. The average Bonchev–Trinajstić information content (AvgIpc) is 3.13. The van der Waals surface area contributed by atoms with Gasteiger partial charge in [0.2, 0.25) is 11.8 Å². The van der Waals surface area contributed by atoms with Crippen molar-refractivity contribution in [3.8, 4) is 0 Å². The van der Waals surface area contributed by atoms with E-state index < -0.39 is 6.04 Å². The molecule has 1 heterocycles. The van der Waals surface area contributed by atoms with Crippen LogP contribution in [0.3, 0.4) is 0 Å². The van der Waals surface area contributed by atoms with Gasteiger partial charge in [0, 0.05) is 10.6 Å². The maximum Gasteiger partial charge on any atom is 0.341 e. The Morgan fingerprint density at radius 1 is 1.12 bits per heavy atom. The van der Waals surface area contributed by atoms with E-state index in [0.29, 0.717) is 10.6 Å². The lowest BCUT2D eigenvalue weighted by Gasteiger charge is -2.23. The molecule has 0 spiro atoms. The number of esters is 1. The van der Waals surface area contributed by atoms with Crippen molar-refractivity contribution in [3.05, 3.63) is 45.3 Å². The van der Waals surface area contributed by atoms with E-state index >= 15 is 0 Å². The monoisotopic (exact) mass is 471 g/mol. The molecular weight excluding hydrogens is 438 g/mol. The number of carbonyl (C=O) groups excluding carboxylic acids is 3. The van der Waals surface area contributed by atoms with Crippen molar-refractivity contribution in [2.45, 2.75) is 59.4 Å². The molecule has 1 unspecified atom stereocenters. The van der Waals surface area contributed by atoms with E-state index in [9.17, 15) is 14.4 Å². The van der Waals surface area contributed by atoms with Crippen LogP contribution in [0.4, 0.5) is 10.7 Å².